The van der Waals surface area contributed by atoms with Crippen LogP contribution in [0.1, 0.15) is 28.7 Å². The van der Waals surface area contributed by atoms with Gasteiger partial charge in [-0.2, -0.15) is 0 Å². The Balaban J connectivity index is 1.76. The number of nitrogens with zero attached hydrogens (tertiary/aromatic N) is 4. The van der Waals surface area contributed by atoms with Gasteiger partial charge in [0.1, 0.15) is 11.5 Å². The smallest absolute Gasteiger partial charge is 0.256 e. The van der Waals surface area contributed by atoms with Gasteiger partial charge in [-0.1, -0.05) is 36.4 Å². The van der Waals surface area contributed by atoms with Gasteiger partial charge in [-0.15, -0.1) is 0 Å². The van der Waals surface area contributed by atoms with Crippen molar-refractivity contribution in [1.82, 2.24) is 18.9 Å². The Morgan fingerprint density at radius 3 is 2.54 bits per heavy atom. The van der Waals surface area contributed by atoms with Crippen molar-refractivity contribution in [3.63, 3.8) is 0 Å². The summed E-state index contributed by atoms with van der Waals surface area (Å²) in [5.74, 6) is 0.974. The fourth-order valence-corrected chi connectivity index (χ4v) is 3.51. The summed E-state index contributed by atoms with van der Waals surface area (Å²) in [5, 5.41) is 0. The average molecular weight is 372 g/mol. The topological polar surface area (TPSA) is 42.5 Å². The van der Waals surface area contributed by atoms with Crippen LogP contribution in [-0.4, -0.2) is 31.3 Å². The van der Waals surface area contributed by atoms with Crippen LogP contribution in [0.4, 0.5) is 0 Å². The first kappa shape index (κ1) is 18.0. The van der Waals surface area contributed by atoms with Gasteiger partial charge < -0.3 is 13.9 Å². The lowest BCUT2D eigenvalue weighted by atomic mass is 10.1. The quantitative estimate of drug-likeness (QED) is 0.524. The van der Waals surface area contributed by atoms with Crippen molar-refractivity contribution in [1.29, 1.82) is 0 Å². The lowest BCUT2D eigenvalue weighted by molar-refractivity contribution is 0.0754. The van der Waals surface area contributed by atoms with Gasteiger partial charge >= 0.3 is 0 Å². The van der Waals surface area contributed by atoms with E-state index in [-0.39, 0.29) is 5.91 Å². The van der Waals surface area contributed by atoms with E-state index in [0.29, 0.717) is 18.7 Å². The van der Waals surface area contributed by atoms with E-state index < -0.39 is 0 Å². The Kier molecular flexibility index (Phi) is 4.74. The number of carbonyl (C=O) groups excluding carboxylic acids is 1. The van der Waals surface area contributed by atoms with E-state index in [1.165, 1.54) is 0 Å². The fraction of sp³-hybridized carbons (Fsp3) is 0.217. The molecule has 5 nitrogen and oxygen atoms in total. The van der Waals surface area contributed by atoms with Gasteiger partial charge in [-0.3, -0.25) is 4.79 Å². The Morgan fingerprint density at radius 2 is 1.86 bits per heavy atom. The van der Waals surface area contributed by atoms with E-state index in [2.05, 4.69) is 17.1 Å². The van der Waals surface area contributed by atoms with Crippen LogP contribution in [0.5, 0.6) is 0 Å². The summed E-state index contributed by atoms with van der Waals surface area (Å²) in [6, 6.07) is 18.0. The van der Waals surface area contributed by atoms with E-state index >= 15 is 0 Å². The standard InChI is InChI=1S/C23H24N4O/c1-4-26(15-18-10-6-5-7-11-18)23(28)19-14-22(20-16-25(3)17(2)24-20)27-13-9-8-12-21(19)27/h5-14,16H,4,15H2,1-3H3. The van der Waals surface area contributed by atoms with Crippen LogP contribution in [0.15, 0.2) is 67.0 Å². The van der Waals surface area contributed by atoms with E-state index in [1.54, 1.807) is 0 Å². The molecule has 0 spiro atoms. The molecule has 0 fully saturated rings. The molecule has 3 aromatic heterocycles. The second-order valence-electron chi connectivity index (χ2n) is 6.99. The molecule has 0 saturated carbocycles. The highest BCUT2D eigenvalue weighted by Crippen LogP contribution is 2.27. The van der Waals surface area contributed by atoms with Crippen LogP contribution < -0.4 is 0 Å². The first-order valence-electron chi connectivity index (χ1n) is 9.52. The predicted molar refractivity (Wildman–Crippen MR) is 111 cm³/mol. The van der Waals surface area contributed by atoms with Crippen LogP contribution in [-0.2, 0) is 13.6 Å². The minimum absolute atomic E-state index is 0.0361. The normalized spacial score (nSPS) is 11.1. The van der Waals surface area contributed by atoms with Gasteiger partial charge in [0.25, 0.3) is 5.91 Å². The van der Waals surface area contributed by atoms with Crippen LogP contribution in [0.25, 0.3) is 16.9 Å². The first-order valence-corrected chi connectivity index (χ1v) is 9.52. The number of carbonyl (C=O) groups is 1. The van der Waals surface area contributed by atoms with Gasteiger partial charge in [-0.05, 0) is 37.6 Å². The SMILES string of the molecule is CCN(Cc1ccccc1)C(=O)c1cc(-c2cn(C)c(C)n2)n2ccccc12. The number of fused-ring (bicyclic) bond motifs is 1. The molecule has 0 bridgehead atoms. The summed E-state index contributed by atoms with van der Waals surface area (Å²) in [4.78, 5) is 19.9. The molecule has 1 amide bonds. The summed E-state index contributed by atoms with van der Waals surface area (Å²) < 4.78 is 4.04. The van der Waals surface area contributed by atoms with E-state index in [1.807, 2.05) is 89.6 Å². The monoisotopic (exact) mass is 372 g/mol. The van der Waals surface area contributed by atoms with Gasteiger partial charge in [0.05, 0.1) is 16.8 Å². The van der Waals surface area contributed by atoms with Crippen molar-refractivity contribution in [2.45, 2.75) is 20.4 Å². The summed E-state index contributed by atoms with van der Waals surface area (Å²) >= 11 is 0. The molecule has 0 saturated heterocycles. The Bertz CT molecular complexity index is 1100. The second-order valence-corrected chi connectivity index (χ2v) is 6.99. The zero-order valence-electron chi connectivity index (χ0n) is 16.5. The maximum absolute atomic E-state index is 13.4. The lowest BCUT2D eigenvalue weighted by Gasteiger charge is -2.20. The maximum Gasteiger partial charge on any atom is 0.256 e. The van der Waals surface area contributed by atoms with Crippen molar-refractivity contribution in [3.05, 3.63) is 83.9 Å². The van der Waals surface area contributed by atoms with Gasteiger partial charge in [-0.25, -0.2) is 4.98 Å². The molecule has 0 N–H and O–H groups in total. The van der Waals surface area contributed by atoms with Crippen molar-refractivity contribution in [2.24, 2.45) is 7.05 Å². The second kappa shape index (κ2) is 7.35. The number of aromatic nitrogens is 3. The minimum atomic E-state index is 0.0361. The molecule has 0 unspecified atom stereocenters. The number of benzene rings is 1. The largest absolute Gasteiger partial charge is 0.338 e. The first-order chi connectivity index (χ1) is 13.6. The average Bonchev–Trinajstić information content (AvgIpc) is 3.26. The molecule has 0 radical (unpaired) electrons. The number of aryl methyl sites for hydroxylation is 2. The van der Waals surface area contributed by atoms with Crippen molar-refractivity contribution < 1.29 is 4.79 Å². The molecule has 142 valence electrons. The van der Waals surface area contributed by atoms with Gasteiger partial charge in [0.15, 0.2) is 0 Å². The third kappa shape index (κ3) is 3.20. The maximum atomic E-state index is 13.4. The Hall–Kier alpha value is -3.34. The Labute approximate surface area is 164 Å². The minimum Gasteiger partial charge on any atom is -0.338 e. The van der Waals surface area contributed by atoms with Crippen molar-refractivity contribution >= 4 is 11.4 Å². The van der Waals surface area contributed by atoms with E-state index in [9.17, 15) is 4.79 Å². The van der Waals surface area contributed by atoms with Gasteiger partial charge in [0, 0.05) is 32.5 Å². The molecule has 0 aliphatic carbocycles. The molecule has 1 aromatic carbocycles. The molecule has 0 aliphatic rings. The summed E-state index contributed by atoms with van der Waals surface area (Å²) in [6.45, 7) is 5.24. The highest BCUT2D eigenvalue weighted by molar-refractivity contribution is 6.02. The van der Waals surface area contributed by atoms with E-state index in [0.717, 1.165) is 28.3 Å². The molecule has 4 rings (SSSR count). The predicted octanol–water partition coefficient (Wildman–Crippen LogP) is 4.31. The summed E-state index contributed by atoms with van der Waals surface area (Å²) in [6.07, 6.45) is 3.98. The highest BCUT2D eigenvalue weighted by Gasteiger charge is 2.22. The molecule has 28 heavy (non-hydrogen) atoms. The fourth-order valence-electron chi connectivity index (χ4n) is 3.51. The third-order valence-electron chi connectivity index (χ3n) is 5.16. The van der Waals surface area contributed by atoms with Crippen LogP contribution in [0.3, 0.4) is 0 Å². The van der Waals surface area contributed by atoms with Crippen LogP contribution in [0, 0.1) is 6.92 Å². The van der Waals surface area contributed by atoms with Crippen molar-refractivity contribution in [3.8, 4) is 11.4 Å². The summed E-state index contributed by atoms with van der Waals surface area (Å²) in [5.41, 5.74) is 4.53. The molecule has 0 aliphatic heterocycles. The number of hydrogen-bond acceptors (Lipinski definition) is 2. The van der Waals surface area contributed by atoms with Crippen LogP contribution >= 0.6 is 0 Å². The molecule has 3 heterocycles. The number of pyridine rings is 1. The number of imidazole rings is 1. The van der Waals surface area contributed by atoms with Crippen LogP contribution in [0.2, 0.25) is 0 Å². The van der Waals surface area contributed by atoms with Crippen molar-refractivity contribution in [2.75, 3.05) is 6.54 Å². The molecular formula is C23H24N4O. The summed E-state index contributed by atoms with van der Waals surface area (Å²) in [7, 11) is 1.98. The number of rotatable bonds is 5. The number of hydrogen-bond donors (Lipinski definition) is 0. The van der Waals surface area contributed by atoms with Gasteiger partial charge in [0.2, 0.25) is 0 Å². The third-order valence-corrected chi connectivity index (χ3v) is 5.16. The highest BCUT2D eigenvalue weighted by atomic mass is 16.2. The zero-order chi connectivity index (χ0) is 19.7. The van der Waals surface area contributed by atoms with E-state index in [4.69, 9.17) is 0 Å². The Morgan fingerprint density at radius 1 is 1.11 bits per heavy atom. The molecule has 5 heteroatoms. The number of amides is 1. The zero-order valence-corrected chi connectivity index (χ0v) is 16.5. The lowest BCUT2D eigenvalue weighted by Crippen LogP contribution is -2.30. The molecule has 4 aromatic rings. The molecular weight excluding hydrogens is 348 g/mol. The molecule has 0 atom stereocenters.